The third kappa shape index (κ3) is 3.55. The lowest BCUT2D eigenvalue weighted by Gasteiger charge is -2.28. The number of nitro benzene ring substituents is 1. The van der Waals surface area contributed by atoms with E-state index >= 15 is 0 Å². The van der Waals surface area contributed by atoms with E-state index in [-0.39, 0.29) is 17.7 Å². The summed E-state index contributed by atoms with van der Waals surface area (Å²) in [6, 6.07) is 4.74. The topological polar surface area (TPSA) is 114 Å². The van der Waals surface area contributed by atoms with Gasteiger partial charge in [0.1, 0.15) is 11.2 Å². The monoisotopic (exact) mass is 480 g/mol. The first-order valence-corrected chi connectivity index (χ1v) is 10.6. The number of ether oxygens (including phenoxy) is 1. The average molecular weight is 481 g/mol. The molecule has 9 nitrogen and oxygen atoms in total. The number of benzene rings is 1. The summed E-state index contributed by atoms with van der Waals surface area (Å²) in [7, 11) is 0. The van der Waals surface area contributed by atoms with Crippen LogP contribution >= 0.6 is 27.3 Å². The Balaban J connectivity index is 1.61. The first-order chi connectivity index (χ1) is 13.9. The molecule has 0 unspecified atom stereocenters. The number of nitrogens with zero attached hydrogens (tertiary/aromatic N) is 2. The molecule has 0 spiro atoms. The molecule has 0 fully saturated rings. The molecule has 0 radical (unpaired) electrons. The molecule has 0 saturated heterocycles. The standard InChI is InChI=1S/C18H17BrN4O5S/c1-2-28-18(25)22-6-5-10-13(8-22)29-17-14(10)16(24)20-15(21-17)9-3-4-11(19)12(7-9)23(26)27/h3-4,7,15,21H,2,5-6,8H2,1H3,(H,20,24)/t15-/m1/s1. The summed E-state index contributed by atoms with van der Waals surface area (Å²) < 4.78 is 5.45. The Morgan fingerprint density at radius 2 is 2.24 bits per heavy atom. The maximum Gasteiger partial charge on any atom is 0.410 e. The lowest BCUT2D eigenvalue weighted by Crippen LogP contribution is -2.39. The van der Waals surface area contributed by atoms with Crippen LogP contribution in [0.1, 0.15) is 39.5 Å². The number of halogens is 1. The fourth-order valence-corrected chi connectivity index (χ4v) is 5.18. The number of hydrogen-bond donors (Lipinski definition) is 2. The molecule has 2 aliphatic heterocycles. The zero-order valence-corrected chi connectivity index (χ0v) is 17.8. The third-order valence-corrected chi connectivity index (χ3v) is 6.68. The lowest BCUT2D eigenvalue weighted by molar-refractivity contribution is -0.385. The molecule has 0 bridgehead atoms. The highest BCUT2D eigenvalue weighted by Crippen LogP contribution is 2.41. The molecular formula is C18H17BrN4O5S. The number of carbonyl (C=O) groups excluding carboxylic acids is 2. The lowest BCUT2D eigenvalue weighted by atomic mass is 10.0. The van der Waals surface area contributed by atoms with Gasteiger partial charge in [0.15, 0.2) is 0 Å². The summed E-state index contributed by atoms with van der Waals surface area (Å²) in [4.78, 5) is 38.1. The van der Waals surface area contributed by atoms with Gasteiger partial charge in [-0.1, -0.05) is 6.07 Å². The molecule has 0 aliphatic carbocycles. The molecule has 1 aromatic carbocycles. The van der Waals surface area contributed by atoms with Crippen LogP contribution in [0.25, 0.3) is 0 Å². The minimum absolute atomic E-state index is 0.0695. The highest BCUT2D eigenvalue weighted by Gasteiger charge is 2.35. The van der Waals surface area contributed by atoms with E-state index in [0.29, 0.717) is 46.7 Å². The van der Waals surface area contributed by atoms with Crippen molar-refractivity contribution in [3.63, 3.8) is 0 Å². The molecule has 0 saturated carbocycles. The van der Waals surface area contributed by atoms with E-state index in [1.54, 1.807) is 24.0 Å². The maximum absolute atomic E-state index is 12.8. The van der Waals surface area contributed by atoms with E-state index in [0.717, 1.165) is 10.4 Å². The summed E-state index contributed by atoms with van der Waals surface area (Å²) >= 11 is 4.60. The molecule has 11 heteroatoms. The van der Waals surface area contributed by atoms with Crippen LogP contribution in [0.2, 0.25) is 0 Å². The Hall–Kier alpha value is -2.66. The third-order valence-electron chi connectivity index (χ3n) is 4.86. The second kappa shape index (κ2) is 7.64. The van der Waals surface area contributed by atoms with Crippen LogP contribution in [-0.2, 0) is 17.7 Å². The number of nitro groups is 1. The molecule has 4 rings (SSSR count). The van der Waals surface area contributed by atoms with E-state index in [1.165, 1.54) is 17.4 Å². The van der Waals surface area contributed by atoms with Gasteiger partial charge in [0.25, 0.3) is 11.6 Å². The molecule has 29 heavy (non-hydrogen) atoms. The number of fused-ring (bicyclic) bond motifs is 3. The number of thiophene rings is 1. The molecule has 1 aromatic heterocycles. The summed E-state index contributed by atoms with van der Waals surface area (Å²) in [5, 5.41) is 18.1. The second-order valence-electron chi connectivity index (χ2n) is 6.60. The number of nitrogens with one attached hydrogen (secondary N) is 2. The maximum atomic E-state index is 12.8. The number of rotatable bonds is 3. The summed E-state index contributed by atoms with van der Waals surface area (Å²) in [6.45, 7) is 2.96. The molecule has 152 valence electrons. The predicted octanol–water partition coefficient (Wildman–Crippen LogP) is 3.79. The molecule has 2 N–H and O–H groups in total. The van der Waals surface area contributed by atoms with Gasteiger partial charge in [-0.15, -0.1) is 11.3 Å². The van der Waals surface area contributed by atoms with Crippen molar-refractivity contribution < 1.29 is 19.2 Å². The summed E-state index contributed by atoms with van der Waals surface area (Å²) in [5.74, 6) is -0.226. The van der Waals surface area contributed by atoms with E-state index in [1.807, 2.05) is 0 Å². The van der Waals surface area contributed by atoms with Crippen LogP contribution in [0.3, 0.4) is 0 Å². The Morgan fingerprint density at radius 3 is 2.97 bits per heavy atom. The molecule has 3 heterocycles. The van der Waals surface area contributed by atoms with Crippen LogP contribution < -0.4 is 10.6 Å². The fourth-order valence-electron chi connectivity index (χ4n) is 3.50. The van der Waals surface area contributed by atoms with Crippen molar-refractivity contribution in [2.24, 2.45) is 0 Å². The van der Waals surface area contributed by atoms with Gasteiger partial charge in [-0.3, -0.25) is 14.9 Å². The van der Waals surface area contributed by atoms with Gasteiger partial charge < -0.3 is 20.3 Å². The number of carbonyl (C=O) groups is 2. The normalized spacial score (nSPS) is 17.7. The largest absolute Gasteiger partial charge is 0.450 e. The van der Waals surface area contributed by atoms with Crippen LogP contribution in [-0.4, -0.2) is 35.0 Å². The van der Waals surface area contributed by atoms with Crippen LogP contribution in [0, 0.1) is 10.1 Å². The highest BCUT2D eigenvalue weighted by atomic mass is 79.9. The first kappa shape index (κ1) is 19.6. The van der Waals surface area contributed by atoms with Gasteiger partial charge >= 0.3 is 6.09 Å². The minimum atomic E-state index is -0.580. The van der Waals surface area contributed by atoms with E-state index in [2.05, 4.69) is 26.6 Å². The van der Waals surface area contributed by atoms with E-state index in [9.17, 15) is 19.7 Å². The Morgan fingerprint density at radius 1 is 1.45 bits per heavy atom. The Bertz CT molecular complexity index is 1020. The number of amides is 2. The fraction of sp³-hybridized carbons (Fsp3) is 0.333. The zero-order chi connectivity index (χ0) is 20.7. The zero-order valence-electron chi connectivity index (χ0n) is 15.4. The SMILES string of the molecule is CCOC(=O)N1CCc2c(sc3c2C(=O)N[C@@H](c2ccc(Br)c([N+](=O)[O-])c2)N3)C1. The van der Waals surface area contributed by atoms with E-state index in [4.69, 9.17) is 4.74 Å². The average Bonchev–Trinajstić information content (AvgIpc) is 3.06. The molecule has 2 aromatic rings. The van der Waals surface area contributed by atoms with E-state index < -0.39 is 11.1 Å². The van der Waals surface area contributed by atoms with Crippen molar-refractivity contribution in [1.29, 1.82) is 0 Å². The van der Waals surface area contributed by atoms with Crippen molar-refractivity contribution >= 4 is 50.0 Å². The van der Waals surface area contributed by atoms with Crippen molar-refractivity contribution in [1.82, 2.24) is 10.2 Å². The number of hydrogen-bond acceptors (Lipinski definition) is 7. The first-order valence-electron chi connectivity index (χ1n) is 8.96. The summed E-state index contributed by atoms with van der Waals surface area (Å²) in [6.07, 6.45) is -0.367. The quantitative estimate of drug-likeness (QED) is 0.510. The van der Waals surface area contributed by atoms with Crippen LogP contribution in [0.15, 0.2) is 22.7 Å². The van der Waals surface area contributed by atoms with Crippen molar-refractivity contribution in [2.45, 2.75) is 26.1 Å². The van der Waals surface area contributed by atoms with Gasteiger partial charge in [0.2, 0.25) is 0 Å². The van der Waals surface area contributed by atoms with Gasteiger partial charge in [-0.2, -0.15) is 0 Å². The molecule has 2 amide bonds. The van der Waals surface area contributed by atoms with Crippen LogP contribution in [0.4, 0.5) is 15.5 Å². The second-order valence-corrected chi connectivity index (χ2v) is 8.56. The van der Waals surface area contributed by atoms with Crippen molar-refractivity contribution in [2.75, 3.05) is 18.5 Å². The highest BCUT2D eigenvalue weighted by molar-refractivity contribution is 9.10. The van der Waals surface area contributed by atoms with Crippen molar-refractivity contribution in [3.05, 3.63) is 54.4 Å². The minimum Gasteiger partial charge on any atom is -0.450 e. The van der Waals surface area contributed by atoms with Crippen molar-refractivity contribution in [3.8, 4) is 0 Å². The van der Waals surface area contributed by atoms with Gasteiger partial charge in [0.05, 0.1) is 28.1 Å². The van der Waals surface area contributed by atoms with Crippen LogP contribution in [0.5, 0.6) is 0 Å². The predicted molar refractivity (Wildman–Crippen MR) is 110 cm³/mol. The Labute approximate surface area is 178 Å². The smallest absolute Gasteiger partial charge is 0.410 e. The molecule has 2 aliphatic rings. The molecule has 1 atom stereocenters. The Kier molecular flexibility index (Phi) is 5.17. The van der Waals surface area contributed by atoms with Gasteiger partial charge in [-0.05, 0) is 40.9 Å². The summed E-state index contributed by atoms with van der Waals surface area (Å²) in [5.41, 5.74) is 2.05. The number of anilines is 1. The molecular weight excluding hydrogens is 464 g/mol. The van der Waals surface area contributed by atoms with Gasteiger partial charge in [0, 0.05) is 23.1 Å². The van der Waals surface area contributed by atoms with Gasteiger partial charge in [-0.25, -0.2) is 4.79 Å².